The lowest BCUT2D eigenvalue weighted by Crippen LogP contribution is -2.15. The number of thioether (sulfide) groups is 1. The molecule has 5 rings (SSSR count). The standard InChI is InChI=1S/C22H23N3O2S/c1-28-20-8-3-2-6-16(20)21-17-7-4-5-11-23-22(17)25(24-21)15-9-10-18-19(14-15)27-13-12-26-18/h2-3,6,8-10,14,23H,4-5,7,11-13H2,1H3. The maximum Gasteiger partial charge on any atom is 0.163 e. The Bertz CT molecular complexity index is 1020. The Morgan fingerprint density at radius 2 is 1.89 bits per heavy atom. The van der Waals surface area contributed by atoms with E-state index in [1.807, 2.05) is 16.8 Å². The Labute approximate surface area is 169 Å². The van der Waals surface area contributed by atoms with Crippen LogP contribution >= 0.6 is 11.8 Å². The van der Waals surface area contributed by atoms with Gasteiger partial charge in [-0.05, 0) is 43.7 Å². The van der Waals surface area contributed by atoms with Gasteiger partial charge in [0.1, 0.15) is 19.0 Å². The Kier molecular flexibility index (Phi) is 4.64. The van der Waals surface area contributed by atoms with Crippen LogP contribution in [-0.4, -0.2) is 35.8 Å². The third-order valence-electron chi connectivity index (χ3n) is 5.26. The molecule has 2 aliphatic rings. The molecule has 0 atom stereocenters. The van der Waals surface area contributed by atoms with E-state index in [4.69, 9.17) is 14.6 Å². The molecule has 0 bridgehead atoms. The van der Waals surface area contributed by atoms with Crippen LogP contribution in [0.3, 0.4) is 0 Å². The summed E-state index contributed by atoms with van der Waals surface area (Å²) in [6.07, 6.45) is 5.49. The first-order chi connectivity index (χ1) is 13.8. The molecule has 5 nitrogen and oxygen atoms in total. The number of ether oxygens (including phenoxy) is 2. The lowest BCUT2D eigenvalue weighted by molar-refractivity contribution is 0.171. The van der Waals surface area contributed by atoms with Gasteiger partial charge in [-0.2, -0.15) is 5.10 Å². The summed E-state index contributed by atoms with van der Waals surface area (Å²) in [6.45, 7) is 2.14. The zero-order chi connectivity index (χ0) is 18.9. The fraction of sp³-hybridized carbons (Fsp3) is 0.318. The monoisotopic (exact) mass is 393 g/mol. The molecule has 0 spiro atoms. The highest BCUT2D eigenvalue weighted by atomic mass is 32.2. The number of hydrogen-bond donors (Lipinski definition) is 1. The average Bonchev–Trinajstić information content (AvgIpc) is 2.93. The molecule has 1 N–H and O–H groups in total. The van der Waals surface area contributed by atoms with E-state index in [-0.39, 0.29) is 0 Å². The van der Waals surface area contributed by atoms with Gasteiger partial charge in [0.15, 0.2) is 11.5 Å². The summed E-state index contributed by atoms with van der Waals surface area (Å²) in [5, 5.41) is 8.70. The minimum Gasteiger partial charge on any atom is -0.486 e. The lowest BCUT2D eigenvalue weighted by atomic mass is 10.0. The van der Waals surface area contributed by atoms with Gasteiger partial charge in [-0.15, -0.1) is 11.8 Å². The smallest absolute Gasteiger partial charge is 0.163 e. The number of rotatable bonds is 3. The van der Waals surface area contributed by atoms with Crippen molar-refractivity contribution in [2.24, 2.45) is 0 Å². The average molecular weight is 394 g/mol. The van der Waals surface area contributed by atoms with Gasteiger partial charge in [0, 0.05) is 28.6 Å². The van der Waals surface area contributed by atoms with Gasteiger partial charge in [-0.25, -0.2) is 4.68 Å². The van der Waals surface area contributed by atoms with Crippen LogP contribution < -0.4 is 14.8 Å². The number of fused-ring (bicyclic) bond motifs is 2. The van der Waals surface area contributed by atoms with E-state index in [2.05, 4.69) is 41.9 Å². The molecular formula is C22H23N3O2S. The van der Waals surface area contributed by atoms with E-state index >= 15 is 0 Å². The minimum absolute atomic E-state index is 0.582. The third kappa shape index (κ3) is 3.02. The van der Waals surface area contributed by atoms with Crippen molar-refractivity contribution < 1.29 is 9.47 Å². The molecule has 2 aromatic carbocycles. The molecule has 0 saturated heterocycles. The molecule has 2 aliphatic heterocycles. The highest BCUT2D eigenvalue weighted by molar-refractivity contribution is 7.98. The first-order valence-corrected chi connectivity index (χ1v) is 11.0. The van der Waals surface area contributed by atoms with Gasteiger partial charge in [0.2, 0.25) is 0 Å². The van der Waals surface area contributed by atoms with E-state index < -0.39 is 0 Å². The fourth-order valence-electron chi connectivity index (χ4n) is 3.91. The van der Waals surface area contributed by atoms with Crippen LogP contribution in [0.2, 0.25) is 0 Å². The second-order valence-electron chi connectivity index (χ2n) is 7.00. The summed E-state index contributed by atoms with van der Waals surface area (Å²) in [7, 11) is 0. The van der Waals surface area contributed by atoms with Crippen LogP contribution in [0.15, 0.2) is 47.4 Å². The van der Waals surface area contributed by atoms with Crippen LogP contribution in [-0.2, 0) is 6.42 Å². The van der Waals surface area contributed by atoms with E-state index in [1.165, 1.54) is 28.9 Å². The predicted molar refractivity (Wildman–Crippen MR) is 113 cm³/mol. The van der Waals surface area contributed by atoms with Gasteiger partial charge < -0.3 is 14.8 Å². The number of nitrogens with one attached hydrogen (secondary N) is 1. The van der Waals surface area contributed by atoms with Crippen molar-refractivity contribution in [2.75, 3.05) is 31.3 Å². The number of aromatic nitrogens is 2. The zero-order valence-electron chi connectivity index (χ0n) is 15.9. The van der Waals surface area contributed by atoms with Crippen molar-refractivity contribution >= 4 is 17.6 Å². The van der Waals surface area contributed by atoms with Crippen LogP contribution in [0.1, 0.15) is 18.4 Å². The van der Waals surface area contributed by atoms with Gasteiger partial charge >= 0.3 is 0 Å². The maximum atomic E-state index is 5.79. The van der Waals surface area contributed by atoms with Gasteiger partial charge in [0.25, 0.3) is 0 Å². The SMILES string of the molecule is CSc1ccccc1-c1nn(-c2ccc3c(c2)OCCO3)c2c1CCCCN2. The summed E-state index contributed by atoms with van der Waals surface area (Å²) in [5.41, 5.74) is 4.56. The topological polar surface area (TPSA) is 48.3 Å². The van der Waals surface area contributed by atoms with Crippen LogP contribution in [0, 0.1) is 0 Å². The molecule has 3 aromatic rings. The van der Waals surface area contributed by atoms with Gasteiger partial charge in [-0.1, -0.05) is 18.2 Å². The Morgan fingerprint density at radius 3 is 2.79 bits per heavy atom. The van der Waals surface area contributed by atoms with Gasteiger partial charge in [-0.3, -0.25) is 0 Å². The van der Waals surface area contributed by atoms with Crippen molar-refractivity contribution in [3.63, 3.8) is 0 Å². The first kappa shape index (κ1) is 17.5. The molecule has 0 fully saturated rings. The molecule has 1 aromatic heterocycles. The maximum absolute atomic E-state index is 5.79. The third-order valence-corrected chi connectivity index (χ3v) is 6.06. The van der Waals surface area contributed by atoms with E-state index in [9.17, 15) is 0 Å². The van der Waals surface area contributed by atoms with E-state index in [1.54, 1.807) is 11.8 Å². The number of hydrogen-bond acceptors (Lipinski definition) is 5. The highest BCUT2D eigenvalue weighted by Gasteiger charge is 2.24. The van der Waals surface area contributed by atoms with Gasteiger partial charge in [0.05, 0.1) is 11.4 Å². The minimum atomic E-state index is 0.582. The lowest BCUT2D eigenvalue weighted by Gasteiger charge is -2.19. The zero-order valence-corrected chi connectivity index (χ0v) is 16.7. The Balaban J connectivity index is 1.68. The molecule has 0 unspecified atom stereocenters. The second-order valence-corrected chi connectivity index (χ2v) is 7.85. The second kappa shape index (κ2) is 7.43. The number of anilines is 1. The Hall–Kier alpha value is -2.60. The van der Waals surface area contributed by atoms with Crippen molar-refractivity contribution in [1.29, 1.82) is 0 Å². The summed E-state index contributed by atoms with van der Waals surface area (Å²) in [6, 6.07) is 14.6. The molecule has 6 heteroatoms. The molecule has 0 radical (unpaired) electrons. The van der Waals surface area contributed by atoms with E-state index in [0.717, 1.165) is 41.7 Å². The number of nitrogens with zero attached hydrogens (tertiary/aromatic N) is 2. The van der Waals surface area contributed by atoms with Crippen LogP contribution in [0.5, 0.6) is 11.5 Å². The molecule has 0 aliphatic carbocycles. The van der Waals surface area contributed by atoms with E-state index in [0.29, 0.717) is 13.2 Å². The van der Waals surface area contributed by atoms with Crippen molar-refractivity contribution in [3.8, 4) is 28.4 Å². The molecular weight excluding hydrogens is 370 g/mol. The Morgan fingerprint density at radius 1 is 1.04 bits per heavy atom. The highest BCUT2D eigenvalue weighted by Crippen LogP contribution is 2.39. The number of benzene rings is 2. The molecule has 0 amide bonds. The summed E-state index contributed by atoms with van der Waals surface area (Å²) >= 11 is 1.76. The van der Waals surface area contributed by atoms with Crippen molar-refractivity contribution in [3.05, 3.63) is 48.0 Å². The predicted octanol–water partition coefficient (Wildman–Crippen LogP) is 4.78. The quantitative estimate of drug-likeness (QED) is 0.649. The van der Waals surface area contributed by atoms with Crippen molar-refractivity contribution in [2.45, 2.75) is 24.2 Å². The largest absolute Gasteiger partial charge is 0.486 e. The van der Waals surface area contributed by atoms with Crippen LogP contribution in [0.25, 0.3) is 16.9 Å². The fourth-order valence-corrected chi connectivity index (χ4v) is 4.51. The first-order valence-electron chi connectivity index (χ1n) is 9.74. The molecule has 28 heavy (non-hydrogen) atoms. The summed E-state index contributed by atoms with van der Waals surface area (Å²) in [5.74, 6) is 2.68. The summed E-state index contributed by atoms with van der Waals surface area (Å²) in [4.78, 5) is 1.25. The molecule has 144 valence electrons. The summed E-state index contributed by atoms with van der Waals surface area (Å²) < 4.78 is 13.5. The normalized spacial score (nSPS) is 15.5. The molecule has 0 saturated carbocycles. The van der Waals surface area contributed by atoms with Crippen molar-refractivity contribution in [1.82, 2.24) is 9.78 Å². The van der Waals surface area contributed by atoms with Crippen LogP contribution in [0.4, 0.5) is 5.82 Å². The molecule has 3 heterocycles.